The minimum Gasteiger partial charge on any atom is -0.393 e. The molecular formula is C14H22N2O2S. The number of aliphatic hydroxyl groups is 1. The topological polar surface area (TPSA) is 61.7 Å². The Morgan fingerprint density at radius 2 is 2.21 bits per heavy atom. The highest BCUT2D eigenvalue weighted by atomic mass is 32.2. The molecule has 3 aliphatic rings. The number of thioether (sulfide) groups is 1. The summed E-state index contributed by atoms with van der Waals surface area (Å²) in [5.41, 5.74) is 0. The van der Waals surface area contributed by atoms with E-state index in [1.54, 1.807) is 11.8 Å². The third kappa shape index (κ3) is 2.02. The van der Waals surface area contributed by atoms with Crippen LogP contribution in [0, 0.1) is 17.8 Å². The van der Waals surface area contributed by atoms with E-state index in [2.05, 4.69) is 17.2 Å². The fourth-order valence-electron chi connectivity index (χ4n) is 3.59. The Bertz CT molecular complexity index is 439. The summed E-state index contributed by atoms with van der Waals surface area (Å²) < 4.78 is -0.386. The Morgan fingerprint density at radius 3 is 2.74 bits per heavy atom. The lowest BCUT2D eigenvalue weighted by molar-refractivity contribution is -0.119. The first kappa shape index (κ1) is 13.4. The standard InChI is InChI=1S/C14H22N2O2S/c1-4-14(3)12(18)16-13(19-14)15-10-5-9-8(7(10)2)6-11(9)17/h7-11,17H,4-6H2,1-3H3,(H,15,16,18)/t7-,8?,9+,10+,11+,14-/m1/s1. The summed E-state index contributed by atoms with van der Waals surface area (Å²) in [7, 11) is 0. The van der Waals surface area contributed by atoms with E-state index >= 15 is 0 Å². The molecule has 3 rings (SSSR count). The van der Waals surface area contributed by atoms with E-state index in [-0.39, 0.29) is 16.8 Å². The lowest BCUT2D eigenvalue weighted by Gasteiger charge is -2.38. The normalized spacial score (nSPS) is 48.7. The molecule has 0 aromatic rings. The highest BCUT2D eigenvalue weighted by molar-refractivity contribution is 8.16. The second-order valence-corrected chi connectivity index (χ2v) is 7.88. The third-order valence-corrected chi connectivity index (χ3v) is 6.67. The zero-order valence-corrected chi connectivity index (χ0v) is 12.5. The summed E-state index contributed by atoms with van der Waals surface area (Å²) >= 11 is 1.56. The minimum absolute atomic E-state index is 0.0174. The Labute approximate surface area is 118 Å². The Morgan fingerprint density at radius 1 is 1.47 bits per heavy atom. The minimum atomic E-state index is -0.386. The van der Waals surface area contributed by atoms with Gasteiger partial charge in [-0.3, -0.25) is 4.79 Å². The SMILES string of the molecule is CC[C@@]1(C)SC(N[C@H]2C[C@H]3C(C[C@@H]3O)[C@H]2C)=NC1=O. The maximum atomic E-state index is 11.9. The monoisotopic (exact) mass is 282 g/mol. The first-order valence-corrected chi connectivity index (χ1v) is 8.03. The van der Waals surface area contributed by atoms with Crippen LogP contribution in [0.25, 0.3) is 0 Å². The van der Waals surface area contributed by atoms with Crippen molar-refractivity contribution in [2.45, 2.75) is 56.9 Å². The maximum Gasteiger partial charge on any atom is 0.264 e. The number of amides is 1. The number of aliphatic hydroxyl groups excluding tert-OH is 1. The van der Waals surface area contributed by atoms with Crippen molar-refractivity contribution < 1.29 is 9.90 Å². The molecule has 0 radical (unpaired) electrons. The van der Waals surface area contributed by atoms with Crippen LogP contribution in [0.2, 0.25) is 0 Å². The van der Waals surface area contributed by atoms with Gasteiger partial charge >= 0.3 is 0 Å². The number of amidine groups is 1. The van der Waals surface area contributed by atoms with Crippen LogP contribution in [-0.2, 0) is 4.79 Å². The average Bonchev–Trinajstić information content (AvgIpc) is 2.78. The molecule has 0 aromatic carbocycles. The molecule has 1 heterocycles. The molecule has 1 amide bonds. The summed E-state index contributed by atoms with van der Waals surface area (Å²) in [4.78, 5) is 16.1. The number of hydrogen-bond acceptors (Lipinski definition) is 4. The molecule has 1 unspecified atom stereocenters. The maximum absolute atomic E-state index is 11.9. The molecule has 2 aliphatic carbocycles. The van der Waals surface area contributed by atoms with E-state index in [1.165, 1.54) is 0 Å². The summed E-state index contributed by atoms with van der Waals surface area (Å²) in [5, 5.41) is 14.0. The summed E-state index contributed by atoms with van der Waals surface area (Å²) in [6.45, 7) is 6.23. The largest absolute Gasteiger partial charge is 0.393 e. The fourth-order valence-corrected chi connectivity index (χ4v) is 4.63. The first-order chi connectivity index (χ1) is 8.94. The first-order valence-electron chi connectivity index (χ1n) is 7.21. The van der Waals surface area contributed by atoms with Crippen molar-refractivity contribution in [1.82, 2.24) is 5.32 Å². The van der Waals surface area contributed by atoms with Crippen molar-refractivity contribution in [3.63, 3.8) is 0 Å². The number of nitrogens with one attached hydrogen (secondary N) is 1. The summed E-state index contributed by atoms with van der Waals surface area (Å²) in [6.07, 6.45) is 2.63. The van der Waals surface area contributed by atoms with Crippen molar-refractivity contribution in [2.24, 2.45) is 22.7 Å². The van der Waals surface area contributed by atoms with Crippen molar-refractivity contribution in [3.05, 3.63) is 0 Å². The van der Waals surface area contributed by atoms with E-state index in [0.29, 0.717) is 23.8 Å². The highest BCUT2D eigenvalue weighted by Crippen LogP contribution is 2.50. The van der Waals surface area contributed by atoms with Crippen LogP contribution in [0.3, 0.4) is 0 Å². The van der Waals surface area contributed by atoms with Crippen LogP contribution < -0.4 is 5.32 Å². The molecule has 4 nitrogen and oxygen atoms in total. The van der Waals surface area contributed by atoms with Crippen LogP contribution in [0.15, 0.2) is 4.99 Å². The van der Waals surface area contributed by atoms with Crippen LogP contribution in [0.4, 0.5) is 0 Å². The average molecular weight is 282 g/mol. The van der Waals surface area contributed by atoms with E-state index in [1.807, 2.05) is 13.8 Å². The number of nitrogens with zero attached hydrogens (tertiary/aromatic N) is 1. The number of carbonyl (C=O) groups excluding carboxylic acids is 1. The van der Waals surface area contributed by atoms with E-state index in [0.717, 1.165) is 24.4 Å². The summed E-state index contributed by atoms with van der Waals surface area (Å²) in [5.74, 6) is 1.64. The van der Waals surface area contributed by atoms with Gasteiger partial charge in [0.05, 0.1) is 6.10 Å². The molecule has 19 heavy (non-hydrogen) atoms. The van der Waals surface area contributed by atoms with E-state index in [4.69, 9.17) is 0 Å². The van der Waals surface area contributed by atoms with Crippen LogP contribution in [-0.4, -0.2) is 33.1 Å². The van der Waals surface area contributed by atoms with Crippen LogP contribution >= 0.6 is 11.8 Å². The molecule has 2 N–H and O–H groups in total. The fraction of sp³-hybridized carbons (Fsp3) is 0.857. The highest BCUT2D eigenvalue weighted by Gasteiger charge is 2.52. The van der Waals surface area contributed by atoms with Gasteiger partial charge in [-0.2, -0.15) is 4.99 Å². The quantitative estimate of drug-likeness (QED) is 0.810. The van der Waals surface area contributed by atoms with Crippen LogP contribution in [0.5, 0.6) is 0 Å². The Kier molecular flexibility index (Phi) is 3.17. The number of carbonyl (C=O) groups is 1. The predicted octanol–water partition coefficient (Wildman–Crippen LogP) is 1.78. The molecule has 0 spiro atoms. The van der Waals surface area contributed by atoms with Gasteiger partial charge < -0.3 is 10.4 Å². The molecule has 0 aromatic heterocycles. The molecule has 0 saturated heterocycles. The lowest BCUT2D eigenvalue weighted by Crippen LogP contribution is -2.40. The van der Waals surface area contributed by atoms with Gasteiger partial charge in [0.15, 0.2) is 5.17 Å². The number of aliphatic imine (C=N–C) groups is 1. The molecule has 0 bridgehead atoms. The van der Waals surface area contributed by atoms with Gasteiger partial charge in [-0.25, -0.2) is 0 Å². The number of hydrogen-bond donors (Lipinski definition) is 2. The lowest BCUT2D eigenvalue weighted by atomic mass is 9.71. The predicted molar refractivity (Wildman–Crippen MR) is 77.0 cm³/mol. The van der Waals surface area contributed by atoms with Crippen molar-refractivity contribution in [2.75, 3.05) is 0 Å². The molecular weight excluding hydrogens is 260 g/mol. The van der Waals surface area contributed by atoms with Gasteiger partial charge in [-0.05, 0) is 43.9 Å². The van der Waals surface area contributed by atoms with Crippen LogP contribution in [0.1, 0.15) is 40.0 Å². The van der Waals surface area contributed by atoms with E-state index in [9.17, 15) is 9.90 Å². The van der Waals surface area contributed by atoms with Crippen molar-refractivity contribution in [1.29, 1.82) is 0 Å². The number of rotatable bonds is 2. The Hall–Kier alpha value is -0.550. The second-order valence-electron chi connectivity index (χ2n) is 6.38. The van der Waals surface area contributed by atoms with Crippen molar-refractivity contribution in [3.8, 4) is 0 Å². The van der Waals surface area contributed by atoms with Gasteiger partial charge in [0.2, 0.25) is 0 Å². The molecule has 5 heteroatoms. The molecule has 2 fully saturated rings. The molecule has 6 atom stereocenters. The smallest absolute Gasteiger partial charge is 0.264 e. The van der Waals surface area contributed by atoms with Gasteiger partial charge in [0.1, 0.15) is 4.75 Å². The van der Waals surface area contributed by atoms with Gasteiger partial charge in [-0.15, -0.1) is 0 Å². The van der Waals surface area contributed by atoms with Crippen molar-refractivity contribution >= 4 is 22.8 Å². The van der Waals surface area contributed by atoms with Gasteiger partial charge in [0.25, 0.3) is 5.91 Å². The van der Waals surface area contributed by atoms with E-state index < -0.39 is 0 Å². The molecule has 1 aliphatic heterocycles. The molecule has 106 valence electrons. The third-order valence-electron chi connectivity index (χ3n) is 5.35. The summed E-state index contributed by atoms with van der Waals surface area (Å²) in [6, 6.07) is 0.352. The zero-order chi connectivity index (χ0) is 13.8. The molecule has 2 saturated carbocycles. The second kappa shape index (κ2) is 4.48. The zero-order valence-electron chi connectivity index (χ0n) is 11.7. The van der Waals surface area contributed by atoms with Gasteiger partial charge in [0, 0.05) is 6.04 Å². The Balaban J connectivity index is 1.64. The van der Waals surface area contributed by atoms with Gasteiger partial charge in [-0.1, -0.05) is 25.6 Å². The number of fused-ring (bicyclic) bond motifs is 1.